The van der Waals surface area contributed by atoms with Crippen molar-refractivity contribution < 1.29 is 4.79 Å². The molecule has 4 rings (SSSR count). The highest BCUT2D eigenvalue weighted by molar-refractivity contribution is 6.30. The van der Waals surface area contributed by atoms with E-state index >= 15 is 0 Å². The van der Waals surface area contributed by atoms with Crippen LogP contribution < -0.4 is 5.69 Å². The zero-order chi connectivity index (χ0) is 19.0. The van der Waals surface area contributed by atoms with Crippen molar-refractivity contribution in [3.63, 3.8) is 0 Å². The molecule has 2 aromatic rings. The van der Waals surface area contributed by atoms with Crippen molar-refractivity contribution in [1.29, 1.82) is 5.26 Å². The standard InChI is InChI=1S/C18H19ClN6O2/c19-12-6-7-13(21-10-12)11-24-18(27)25-15(4-1-5-16(25)22-24)17(26)23-8-2-3-14(23)9-20/h6-7,10,14-15H,1-5,8,11H2/t14-,15-/m0/s1. The molecule has 1 saturated heterocycles. The highest BCUT2D eigenvalue weighted by atomic mass is 35.5. The average molecular weight is 387 g/mol. The Bertz CT molecular complexity index is 958. The van der Waals surface area contributed by atoms with E-state index in [1.807, 2.05) is 0 Å². The molecule has 0 spiro atoms. The highest BCUT2D eigenvalue weighted by Crippen LogP contribution is 2.27. The summed E-state index contributed by atoms with van der Waals surface area (Å²) in [4.78, 5) is 31.8. The Labute approximate surface area is 161 Å². The summed E-state index contributed by atoms with van der Waals surface area (Å²) in [5.74, 6) is 0.470. The van der Waals surface area contributed by atoms with E-state index < -0.39 is 12.1 Å². The molecule has 0 radical (unpaired) electrons. The predicted molar refractivity (Wildman–Crippen MR) is 97.2 cm³/mol. The lowest BCUT2D eigenvalue weighted by atomic mass is 10.0. The summed E-state index contributed by atoms with van der Waals surface area (Å²) in [5.41, 5.74) is 0.358. The molecule has 1 amide bonds. The van der Waals surface area contributed by atoms with Crippen LogP contribution in [0.15, 0.2) is 23.1 Å². The molecule has 2 aromatic heterocycles. The Morgan fingerprint density at radius 2 is 2.19 bits per heavy atom. The number of nitriles is 1. The molecule has 0 N–H and O–H groups in total. The van der Waals surface area contributed by atoms with Crippen LogP contribution >= 0.6 is 11.6 Å². The van der Waals surface area contributed by atoms with Crippen LogP contribution in [-0.4, -0.2) is 42.7 Å². The van der Waals surface area contributed by atoms with Gasteiger partial charge in [0.25, 0.3) is 0 Å². The zero-order valence-corrected chi connectivity index (χ0v) is 15.5. The Balaban J connectivity index is 1.64. The molecule has 0 aromatic carbocycles. The minimum Gasteiger partial charge on any atom is -0.325 e. The number of hydrogen-bond donors (Lipinski definition) is 0. The lowest BCUT2D eigenvalue weighted by Gasteiger charge is -2.28. The number of nitrogens with zero attached hydrogens (tertiary/aromatic N) is 6. The number of hydrogen-bond acceptors (Lipinski definition) is 5. The molecule has 1 fully saturated rings. The van der Waals surface area contributed by atoms with E-state index in [0.717, 1.165) is 12.8 Å². The van der Waals surface area contributed by atoms with Crippen molar-refractivity contribution in [2.45, 2.75) is 50.7 Å². The van der Waals surface area contributed by atoms with E-state index in [1.54, 1.807) is 17.0 Å². The van der Waals surface area contributed by atoms with E-state index in [-0.39, 0.29) is 18.1 Å². The smallest absolute Gasteiger partial charge is 0.325 e. The van der Waals surface area contributed by atoms with Gasteiger partial charge in [0.2, 0.25) is 5.91 Å². The van der Waals surface area contributed by atoms with Crippen LogP contribution in [0.3, 0.4) is 0 Å². The third kappa shape index (κ3) is 3.23. The molecular weight excluding hydrogens is 368 g/mol. The maximum absolute atomic E-state index is 13.0. The Morgan fingerprint density at radius 3 is 2.93 bits per heavy atom. The molecule has 140 valence electrons. The first-order valence-corrected chi connectivity index (χ1v) is 9.45. The van der Waals surface area contributed by atoms with Gasteiger partial charge in [0.05, 0.1) is 23.3 Å². The Kier molecular flexibility index (Phi) is 4.70. The minimum absolute atomic E-state index is 0.147. The Hall–Kier alpha value is -2.66. The van der Waals surface area contributed by atoms with Gasteiger partial charge in [0, 0.05) is 19.2 Å². The van der Waals surface area contributed by atoms with Crippen LogP contribution in [0.2, 0.25) is 5.02 Å². The lowest BCUT2D eigenvalue weighted by Crippen LogP contribution is -2.44. The number of carbonyl (C=O) groups excluding carboxylic acids is 1. The zero-order valence-electron chi connectivity index (χ0n) is 14.7. The molecule has 0 aliphatic carbocycles. The van der Waals surface area contributed by atoms with Crippen molar-refractivity contribution in [3.05, 3.63) is 45.4 Å². The number of amides is 1. The monoisotopic (exact) mass is 386 g/mol. The van der Waals surface area contributed by atoms with Gasteiger partial charge in [-0.1, -0.05) is 11.6 Å². The van der Waals surface area contributed by atoms with Gasteiger partial charge in [-0.05, 0) is 37.8 Å². The summed E-state index contributed by atoms with van der Waals surface area (Å²) < 4.78 is 2.86. The van der Waals surface area contributed by atoms with Gasteiger partial charge in [-0.25, -0.2) is 9.48 Å². The molecule has 2 aliphatic rings. The molecule has 2 aliphatic heterocycles. The summed E-state index contributed by atoms with van der Waals surface area (Å²) in [5, 5.41) is 14.2. The van der Waals surface area contributed by atoms with E-state index in [2.05, 4.69) is 16.2 Å². The number of aromatic nitrogens is 4. The predicted octanol–water partition coefficient (Wildman–Crippen LogP) is 1.53. The minimum atomic E-state index is -0.581. The van der Waals surface area contributed by atoms with Gasteiger partial charge in [0.1, 0.15) is 17.9 Å². The number of likely N-dealkylation sites (tertiary alicyclic amines) is 1. The summed E-state index contributed by atoms with van der Waals surface area (Å²) in [7, 11) is 0. The van der Waals surface area contributed by atoms with Crippen LogP contribution in [0.1, 0.15) is 43.2 Å². The summed E-state index contributed by atoms with van der Waals surface area (Å²) in [6.45, 7) is 0.794. The second kappa shape index (κ2) is 7.16. The fourth-order valence-corrected chi connectivity index (χ4v) is 3.99. The van der Waals surface area contributed by atoms with Crippen LogP contribution in [0.5, 0.6) is 0 Å². The quantitative estimate of drug-likeness (QED) is 0.796. The lowest BCUT2D eigenvalue weighted by molar-refractivity contribution is -0.135. The van der Waals surface area contributed by atoms with Gasteiger partial charge >= 0.3 is 5.69 Å². The molecule has 4 heterocycles. The van der Waals surface area contributed by atoms with Crippen LogP contribution in [0, 0.1) is 11.3 Å². The average Bonchev–Trinajstić information content (AvgIpc) is 3.28. The number of pyridine rings is 1. The molecule has 8 nitrogen and oxygen atoms in total. The van der Waals surface area contributed by atoms with Gasteiger partial charge in [0.15, 0.2) is 0 Å². The molecule has 2 atom stereocenters. The summed E-state index contributed by atoms with van der Waals surface area (Å²) in [6.07, 6.45) is 5.07. The largest absolute Gasteiger partial charge is 0.347 e. The summed E-state index contributed by atoms with van der Waals surface area (Å²) in [6, 6.07) is 4.68. The van der Waals surface area contributed by atoms with Crippen molar-refractivity contribution in [2.24, 2.45) is 0 Å². The van der Waals surface area contributed by atoms with Crippen molar-refractivity contribution in [3.8, 4) is 6.07 Å². The summed E-state index contributed by atoms with van der Waals surface area (Å²) >= 11 is 5.85. The SMILES string of the molecule is N#C[C@@H]1CCCN1C(=O)[C@@H]1CCCc2nn(Cc3ccc(Cl)cn3)c(=O)n21. The topological polar surface area (TPSA) is 96.8 Å². The molecule has 0 unspecified atom stereocenters. The van der Waals surface area contributed by atoms with Crippen molar-refractivity contribution in [2.75, 3.05) is 6.54 Å². The fraction of sp³-hybridized carbons (Fsp3) is 0.500. The number of halogens is 1. The first-order valence-electron chi connectivity index (χ1n) is 9.07. The van der Waals surface area contributed by atoms with E-state index in [1.165, 1.54) is 15.4 Å². The van der Waals surface area contributed by atoms with Crippen LogP contribution in [0.4, 0.5) is 0 Å². The molecule has 0 saturated carbocycles. The third-order valence-corrected chi connectivity index (χ3v) is 5.42. The number of carbonyl (C=O) groups is 1. The Morgan fingerprint density at radius 1 is 1.33 bits per heavy atom. The maximum Gasteiger partial charge on any atom is 0.347 e. The van der Waals surface area contributed by atoms with Gasteiger partial charge in [-0.15, -0.1) is 0 Å². The number of fused-ring (bicyclic) bond motifs is 1. The first-order chi connectivity index (χ1) is 13.1. The van der Waals surface area contributed by atoms with Crippen LogP contribution in [-0.2, 0) is 17.8 Å². The molecule has 27 heavy (non-hydrogen) atoms. The molecular formula is C18H19ClN6O2. The number of rotatable bonds is 3. The van der Waals surface area contributed by atoms with Gasteiger partial charge in [-0.3, -0.25) is 14.3 Å². The second-order valence-electron chi connectivity index (χ2n) is 6.92. The van der Waals surface area contributed by atoms with E-state index in [4.69, 9.17) is 11.6 Å². The number of aryl methyl sites for hydroxylation is 1. The third-order valence-electron chi connectivity index (χ3n) is 5.20. The maximum atomic E-state index is 13.0. The first kappa shape index (κ1) is 17.7. The fourth-order valence-electron chi connectivity index (χ4n) is 3.88. The molecule has 9 heteroatoms. The van der Waals surface area contributed by atoms with Crippen molar-refractivity contribution >= 4 is 17.5 Å². The van der Waals surface area contributed by atoms with Crippen LogP contribution in [0.25, 0.3) is 0 Å². The van der Waals surface area contributed by atoms with E-state index in [0.29, 0.717) is 42.3 Å². The van der Waals surface area contributed by atoms with E-state index in [9.17, 15) is 14.9 Å². The second-order valence-corrected chi connectivity index (χ2v) is 7.36. The highest BCUT2D eigenvalue weighted by Gasteiger charge is 2.37. The van der Waals surface area contributed by atoms with Gasteiger partial charge in [-0.2, -0.15) is 10.4 Å². The van der Waals surface area contributed by atoms with Crippen molar-refractivity contribution in [1.82, 2.24) is 24.2 Å². The molecule has 0 bridgehead atoms. The van der Waals surface area contributed by atoms with Gasteiger partial charge < -0.3 is 4.90 Å². The normalized spacial score (nSPS) is 21.7.